The lowest BCUT2D eigenvalue weighted by molar-refractivity contribution is -0.164. The molecule has 0 saturated heterocycles. The predicted molar refractivity (Wildman–Crippen MR) is 151 cm³/mol. The topological polar surface area (TPSA) is 61.8 Å². The lowest BCUT2D eigenvalue weighted by Gasteiger charge is -2.29. The van der Waals surface area contributed by atoms with E-state index in [9.17, 15) is 9.59 Å². The Balaban J connectivity index is 1.36. The number of esters is 2. The van der Waals surface area contributed by atoms with Crippen LogP contribution in [0.25, 0.3) is 0 Å². The molecule has 0 radical (unpaired) electrons. The summed E-state index contributed by atoms with van der Waals surface area (Å²) in [5, 5.41) is 0. The summed E-state index contributed by atoms with van der Waals surface area (Å²) in [7, 11) is 1.10. The maximum Gasteiger partial charge on any atom is 0.345 e. The van der Waals surface area contributed by atoms with Crippen molar-refractivity contribution in [3.05, 3.63) is 120 Å². The van der Waals surface area contributed by atoms with Crippen LogP contribution in [0.2, 0.25) is 0 Å². The average Bonchev–Trinajstić information content (AvgIpc) is 3.47. The van der Waals surface area contributed by atoms with E-state index in [0.717, 1.165) is 45.9 Å². The summed E-state index contributed by atoms with van der Waals surface area (Å²) in [5.74, 6) is -0.454. The summed E-state index contributed by atoms with van der Waals surface area (Å²) >= 11 is 0. The number of hydrogen-bond donors (Lipinski definition) is 0. The Bertz CT molecular complexity index is 1360. The summed E-state index contributed by atoms with van der Waals surface area (Å²) < 4.78 is 17.1. The highest BCUT2D eigenvalue weighted by molar-refractivity contribution is 7.97. The van der Waals surface area contributed by atoms with Gasteiger partial charge in [0.2, 0.25) is 4.90 Å². The first-order valence-electron chi connectivity index (χ1n) is 13.1. The third-order valence-electron chi connectivity index (χ3n) is 6.92. The molecule has 0 spiro atoms. The molecule has 5 nitrogen and oxygen atoms in total. The molecule has 0 unspecified atom stereocenters. The number of hydrogen-bond acceptors (Lipinski definition) is 5. The fraction of sp³-hybridized carbons (Fsp3) is 0.212. The molecule has 1 aliphatic carbocycles. The number of benzene rings is 4. The fourth-order valence-electron chi connectivity index (χ4n) is 5.06. The van der Waals surface area contributed by atoms with Crippen LogP contribution in [0, 0.1) is 0 Å². The number of ether oxygens (including phenoxy) is 3. The van der Waals surface area contributed by atoms with Crippen molar-refractivity contribution in [2.45, 2.75) is 46.0 Å². The second-order valence-corrected chi connectivity index (χ2v) is 11.4. The molecule has 0 atom stereocenters. The normalized spacial score (nSPS) is 14.1. The average molecular weight is 540 g/mol. The van der Waals surface area contributed by atoms with Crippen molar-refractivity contribution in [3.63, 3.8) is 0 Å². The Kier molecular flexibility index (Phi) is 8.33. The van der Waals surface area contributed by atoms with Crippen molar-refractivity contribution in [2.75, 3.05) is 13.7 Å². The molecule has 0 aliphatic heterocycles. The molecule has 0 heterocycles. The van der Waals surface area contributed by atoms with Crippen LogP contribution in [0.1, 0.15) is 41.6 Å². The zero-order valence-corrected chi connectivity index (χ0v) is 22.7. The third kappa shape index (κ3) is 6.02. The molecule has 6 heteroatoms. The van der Waals surface area contributed by atoms with Gasteiger partial charge in [0.1, 0.15) is 16.5 Å². The lowest BCUT2D eigenvalue weighted by atomic mass is 9.92. The van der Waals surface area contributed by atoms with E-state index in [4.69, 9.17) is 14.2 Å². The molecular weight excluding hydrogens is 508 g/mol. The first-order chi connectivity index (χ1) is 19.1. The van der Waals surface area contributed by atoms with Gasteiger partial charge in [-0.25, -0.2) is 9.59 Å². The van der Waals surface area contributed by atoms with Crippen LogP contribution < -0.4 is 4.74 Å². The smallest absolute Gasteiger partial charge is 0.345 e. The van der Waals surface area contributed by atoms with Gasteiger partial charge in [0.25, 0.3) is 0 Å². The number of methoxy groups -OCH3 is 1. The van der Waals surface area contributed by atoms with Crippen LogP contribution in [-0.4, -0.2) is 25.7 Å². The number of carbonyl (C=O) groups is 2. The second-order valence-electron chi connectivity index (χ2n) is 9.42. The van der Waals surface area contributed by atoms with Crippen LogP contribution in [0.3, 0.4) is 0 Å². The SMILES string of the molecule is COc1ccc(C(=O)OCC(=O)OC2(c3ccccc3)CCCC2)cc1[S+](c1ccccc1)c1ccccc1. The summed E-state index contributed by atoms with van der Waals surface area (Å²) in [6, 6.07) is 35.3. The van der Waals surface area contributed by atoms with E-state index in [-0.39, 0.29) is 0 Å². The first-order valence-corrected chi connectivity index (χ1v) is 14.3. The third-order valence-corrected chi connectivity index (χ3v) is 9.16. The highest BCUT2D eigenvalue weighted by atomic mass is 32.2. The minimum Gasteiger partial charge on any atom is -0.491 e. The van der Waals surface area contributed by atoms with Crippen LogP contribution in [0.5, 0.6) is 5.75 Å². The Morgan fingerprint density at radius 1 is 0.769 bits per heavy atom. The van der Waals surface area contributed by atoms with Crippen LogP contribution in [0.4, 0.5) is 0 Å². The first kappa shape index (κ1) is 26.6. The van der Waals surface area contributed by atoms with E-state index in [1.54, 1.807) is 25.3 Å². The fourth-order valence-corrected chi connectivity index (χ4v) is 7.30. The maximum atomic E-state index is 13.1. The highest BCUT2D eigenvalue weighted by Gasteiger charge is 2.39. The molecule has 1 aliphatic rings. The van der Waals surface area contributed by atoms with Crippen molar-refractivity contribution >= 4 is 22.8 Å². The Labute approximate surface area is 232 Å². The molecule has 0 N–H and O–H groups in total. The van der Waals surface area contributed by atoms with Gasteiger partial charge in [-0.3, -0.25) is 0 Å². The minimum absolute atomic E-state index is 0.349. The molecule has 5 rings (SSSR count). The zero-order chi connectivity index (χ0) is 27.1. The maximum absolute atomic E-state index is 13.1. The van der Waals surface area contributed by atoms with Gasteiger partial charge in [0, 0.05) is 6.07 Å². The highest BCUT2D eigenvalue weighted by Crippen LogP contribution is 2.42. The van der Waals surface area contributed by atoms with Crippen molar-refractivity contribution < 1.29 is 23.8 Å². The molecular formula is C33H31O5S+. The molecule has 198 valence electrons. The Morgan fingerprint density at radius 3 is 1.90 bits per heavy atom. The van der Waals surface area contributed by atoms with Gasteiger partial charge >= 0.3 is 11.9 Å². The monoisotopic (exact) mass is 539 g/mol. The van der Waals surface area contributed by atoms with Crippen molar-refractivity contribution in [1.82, 2.24) is 0 Å². The summed E-state index contributed by atoms with van der Waals surface area (Å²) in [6.45, 7) is -0.447. The second kappa shape index (κ2) is 12.2. The van der Waals surface area contributed by atoms with Gasteiger partial charge in [-0.15, -0.1) is 0 Å². The van der Waals surface area contributed by atoms with Crippen LogP contribution in [0.15, 0.2) is 124 Å². The van der Waals surface area contributed by atoms with Gasteiger partial charge < -0.3 is 14.2 Å². The van der Waals surface area contributed by atoms with Gasteiger partial charge in [-0.2, -0.15) is 0 Å². The van der Waals surface area contributed by atoms with E-state index in [0.29, 0.717) is 11.3 Å². The largest absolute Gasteiger partial charge is 0.491 e. The van der Waals surface area contributed by atoms with Gasteiger partial charge in [0.05, 0.1) is 12.7 Å². The van der Waals surface area contributed by atoms with Gasteiger partial charge in [-0.05, 0) is 67.6 Å². The molecule has 39 heavy (non-hydrogen) atoms. The van der Waals surface area contributed by atoms with Gasteiger partial charge in [-0.1, -0.05) is 66.7 Å². The van der Waals surface area contributed by atoms with Crippen molar-refractivity contribution in [2.24, 2.45) is 0 Å². The van der Waals surface area contributed by atoms with Crippen LogP contribution in [-0.2, 0) is 30.8 Å². The van der Waals surface area contributed by atoms with E-state index in [1.807, 2.05) is 66.7 Å². The molecule has 4 aromatic rings. The summed E-state index contributed by atoms with van der Waals surface area (Å²) in [6.07, 6.45) is 3.50. The van der Waals surface area contributed by atoms with Crippen LogP contribution >= 0.6 is 0 Å². The summed E-state index contributed by atoms with van der Waals surface area (Å²) in [5.41, 5.74) is 0.676. The zero-order valence-electron chi connectivity index (χ0n) is 21.9. The molecule has 4 aromatic carbocycles. The van der Waals surface area contributed by atoms with E-state index < -0.39 is 35.0 Å². The standard InChI is InChI=1S/C33H31O5S/c1-36-29-20-19-25(23-30(29)39(27-15-7-3-8-16-27)28-17-9-4-10-18-28)32(35)37-24-31(34)38-33(21-11-12-22-33)26-13-5-2-6-14-26/h2-10,13-20,23H,11-12,21-22,24H2,1H3/q+1. The molecule has 1 fully saturated rings. The molecule has 0 bridgehead atoms. The van der Waals surface area contributed by atoms with Gasteiger partial charge in [0.15, 0.2) is 22.1 Å². The van der Waals surface area contributed by atoms with Crippen molar-refractivity contribution in [3.8, 4) is 5.75 Å². The Hall–Kier alpha value is -4.03. The summed E-state index contributed by atoms with van der Waals surface area (Å²) in [4.78, 5) is 29.0. The number of rotatable bonds is 9. The quantitative estimate of drug-likeness (QED) is 0.170. The Morgan fingerprint density at radius 2 is 1.33 bits per heavy atom. The van der Waals surface area contributed by atoms with Crippen molar-refractivity contribution in [1.29, 1.82) is 0 Å². The van der Waals surface area contributed by atoms with E-state index in [2.05, 4.69) is 24.3 Å². The molecule has 0 aromatic heterocycles. The van der Waals surface area contributed by atoms with E-state index in [1.165, 1.54) is 0 Å². The molecule has 1 saturated carbocycles. The lowest BCUT2D eigenvalue weighted by Crippen LogP contribution is -2.31. The number of carbonyl (C=O) groups excluding carboxylic acids is 2. The predicted octanol–water partition coefficient (Wildman–Crippen LogP) is 6.96. The van der Waals surface area contributed by atoms with E-state index >= 15 is 0 Å². The molecule has 0 amide bonds. The minimum atomic E-state index is -0.655.